The lowest BCUT2D eigenvalue weighted by Crippen LogP contribution is -2.34. The van der Waals surface area contributed by atoms with Crippen molar-refractivity contribution in [1.82, 2.24) is 24.8 Å². The zero-order chi connectivity index (χ0) is 25.3. The number of amides is 1. The van der Waals surface area contributed by atoms with E-state index in [1.807, 2.05) is 19.9 Å². The molecule has 0 aliphatic carbocycles. The maximum Gasteiger partial charge on any atom is 0.417 e. The first-order chi connectivity index (χ1) is 16.6. The highest BCUT2D eigenvalue weighted by molar-refractivity contribution is 6.01. The molecule has 1 atom stereocenters. The smallest absolute Gasteiger partial charge is 0.383 e. The highest BCUT2D eigenvalue weighted by Crippen LogP contribution is 2.30. The van der Waals surface area contributed by atoms with Crippen LogP contribution >= 0.6 is 0 Å². The average Bonchev–Trinajstić information content (AvgIpc) is 2.83. The zero-order valence-corrected chi connectivity index (χ0v) is 19.3. The molecule has 180 valence electrons. The number of nitrogen functional groups attached to an aromatic ring is 1. The molecule has 0 aliphatic rings. The van der Waals surface area contributed by atoms with Crippen LogP contribution in [0.15, 0.2) is 55.0 Å². The van der Waals surface area contributed by atoms with E-state index >= 15 is 0 Å². The third-order valence-electron chi connectivity index (χ3n) is 5.90. The first kappa shape index (κ1) is 24.1. The maximum atomic E-state index is 13.8. The number of pyridine rings is 2. The van der Waals surface area contributed by atoms with Crippen LogP contribution in [0.1, 0.15) is 51.5 Å². The third kappa shape index (κ3) is 4.91. The second-order valence-corrected chi connectivity index (χ2v) is 8.25. The van der Waals surface area contributed by atoms with Crippen molar-refractivity contribution in [3.63, 3.8) is 0 Å². The Balaban J connectivity index is 1.75. The summed E-state index contributed by atoms with van der Waals surface area (Å²) >= 11 is 0. The van der Waals surface area contributed by atoms with Gasteiger partial charge in [0.15, 0.2) is 0 Å². The van der Waals surface area contributed by atoms with Gasteiger partial charge in [-0.2, -0.15) is 13.2 Å². The minimum absolute atomic E-state index is 0.0348. The van der Waals surface area contributed by atoms with Crippen LogP contribution in [0.2, 0.25) is 0 Å². The van der Waals surface area contributed by atoms with Crippen molar-refractivity contribution in [3.05, 3.63) is 88.8 Å². The second-order valence-electron chi connectivity index (χ2n) is 8.25. The molecule has 0 bridgehead atoms. The largest absolute Gasteiger partial charge is 0.417 e. The number of fused-ring (bicyclic) bond motifs is 1. The Labute approximate surface area is 199 Å². The number of nitrogens with two attached hydrogens (primary N) is 1. The number of nitrogens with zero attached hydrogens (tertiary/aromatic N) is 5. The molecule has 1 amide bonds. The molecule has 0 saturated carbocycles. The summed E-state index contributed by atoms with van der Waals surface area (Å²) in [5, 5.41) is 0.791. The summed E-state index contributed by atoms with van der Waals surface area (Å²) in [5.41, 5.74) is 7.98. The monoisotopic (exact) mass is 480 g/mol. The van der Waals surface area contributed by atoms with Crippen molar-refractivity contribution in [2.24, 2.45) is 0 Å². The zero-order valence-electron chi connectivity index (χ0n) is 19.3. The summed E-state index contributed by atoms with van der Waals surface area (Å²) in [7, 11) is 0. The lowest BCUT2D eigenvalue weighted by Gasteiger charge is -2.29. The molecule has 3 aromatic heterocycles. The molecule has 0 saturated heterocycles. The topological polar surface area (TPSA) is 97.9 Å². The lowest BCUT2D eigenvalue weighted by atomic mass is 10.00. The Kier molecular flexibility index (Phi) is 6.38. The molecule has 3 heterocycles. The Bertz CT molecular complexity index is 1370. The summed E-state index contributed by atoms with van der Waals surface area (Å²) in [6.07, 6.45) is -0.595. The number of benzene rings is 1. The van der Waals surface area contributed by atoms with E-state index in [1.54, 1.807) is 37.5 Å². The van der Waals surface area contributed by atoms with Gasteiger partial charge in [0.25, 0.3) is 5.91 Å². The van der Waals surface area contributed by atoms with Gasteiger partial charge >= 0.3 is 6.18 Å². The van der Waals surface area contributed by atoms with Crippen LogP contribution in [0.25, 0.3) is 10.9 Å². The van der Waals surface area contributed by atoms with E-state index in [1.165, 1.54) is 11.0 Å². The minimum Gasteiger partial charge on any atom is -0.383 e. The van der Waals surface area contributed by atoms with Gasteiger partial charge in [0.2, 0.25) is 0 Å². The fraction of sp³-hybridized carbons (Fsp3) is 0.240. The quantitative estimate of drug-likeness (QED) is 0.430. The fourth-order valence-electron chi connectivity index (χ4n) is 3.80. The van der Waals surface area contributed by atoms with Crippen LogP contribution in [0.4, 0.5) is 19.0 Å². The van der Waals surface area contributed by atoms with Gasteiger partial charge in [0.1, 0.15) is 11.6 Å². The standard InChI is InChI=1S/C25H23F3N6O/c1-14-11-20-15(2)19(7-8-21(20)33-22(14)29)24(35)34(16(3)23-30-9-4-10-31-23)13-18-6-5-17(12-32-18)25(26,27)28/h4-12,16H,13H2,1-3H3,(H2,29,33). The van der Waals surface area contributed by atoms with Crippen molar-refractivity contribution in [2.45, 2.75) is 39.5 Å². The van der Waals surface area contributed by atoms with Crippen molar-refractivity contribution < 1.29 is 18.0 Å². The van der Waals surface area contributed by atoms with Crippen molar-refractivity contribution in [3.8, 4) is 0 Å². The number of aryl methyl sites for hydroxylation is 2. The SMILES string of the molecule is Cc1cc2c(C)c(C(=O)N(Cc3ccc(C(F)(F)F)cn3)C(C)c3ncccn3)ccc2nc1N. The summed E-state index contributed by atoms with van der Waals surface area (Å²) in [6.45, 7) is 5.39. The van der Waals surface area contributed by atoms with E-state index in [2.05, 4.69) is 19.9 Å². The number of hydrogen-bond acceptors (Lipinski definition) is 6. The number of carbonyl (C=O) groups is 1. The van der Waals surface area contributed by atoms with Crippen LogP contribution in [-0.4, -0.2) is 30.7 Å². The van der Waals surface area contributed by atoms with E-state index in [-0.39, 0.29) is 12.5 Å². The number of anilines is 1. The molecule has 0 spiro atoms. The van der Waals surface area contributed by atoms with Crippen molar-refractivity contribution >= 4 is 22.6 Å². The van der Waals surface area contributed by atoms with Gasteiger partial charge < -0.3 is 10.6 Å². The fourth-order valence-corrected chi connectivity index (χ4v) is 3.80. The molecule has 1 unspecified atom stereocenters. The summed E-state index contributed by atoms with van der Waals surface area (Å²) in [5.74, 6) is 0.484. The van der Waals surface area contributed by atoms with Gasteiger partial charge in [-0.05, 0) is 68.3 Å². The number of aromatic nitrogens is 4. The Morgan fingerprint density at radius 2 is 1.80 bits per heavy atom. The molecule has 1 aromatic carbocycles. The highest BCUT2D eigenvalue weighted by atomic mass is 19.4. The van der Waals surface area contributed by atoms with E-state index in [0.29, 0.717) is 28.4 Å². The molecule has 0 fully saturated rings. The number of rotatable bonds is 5. The maximum absolute atomic E-state index is 13.8. The minimum atomic E-state index is -4.50. The summed E-state index contributed by atoms with van der Waals surface area (Å²) < 4.78 is 38.9. The molecular weight excluding hydrogens is 457 g/mol. The van der Waals surface area contributed by atoms with Crippen LogP contribution in [0.3, 0.4) is 0 Å². The normalized spacial score (nSPS) is 12.5. The van der Waals surface area contributed by atoms with Gasteiger partial charge in [-0.25, -0.2) is 15.0 Å². The molecule has 10 heteroatoms. The number of carbonyl (C=O) groups excluding carboxylic acids is 1. The van der Waals surface area contributed by atoms with Crippen LogP contribution in [0.5, 0.6) is 0 Å². The molecule has 2 N–H and O–H groups in total. The number of hydrogen-bond donors (Lipinski definition) is 1. The lowest BCUT2D eigenvalue weighted by molar-refractivity contribution is -0.137. The molecule has 4 rings (SSSR count). The van der Waals surface area contributed by atoms with E-state index in [4.69, 9.17) is 5.73 Å². The second kappa shape index (κ2) is 9.28. The molecule has 35 heavy (non-hydrogen) atoms. The van der Waals surface area contributed by atoms with Crippen LogP contribution < -0.4 is 5.73 Å². The van der Waals surface area contributed by atoms with Gasteiger partial charge in [0.05, 0.1) is 29.4 Å². The first-order valence-corrected chi connectivity index (χ1v) is 10.8. The molecule has 7 nitrogen and oxygen atoms in total. The summed E-state index contributed by atoms with van der Waals surface area (Å²) in [4.78, 5) is 32.2. The third-order valence-corrected chi connectivity index (χ3v) is 5.90. The molecule has 4 aromatic rings. The molecule has 0 aliphatic heterocycles. The van der Waals surface area contributed by atoms with E-state index in [0.717, 1.165) is 28.8 Å². The summed E-state index contributed by atoms with van der Waals surface area (Å²) in [6, 6.07) is 8.59. The van der Waals surface area contributed by atoms with E-state index < -0.39 is 17.8 Å². The highest BCUT2D eigenvalue weighted by Gasteiger charge is 2.31. The molecule has 0 radical (unpaired) electrons. The van der Waals surface area contributed by atoms with Gasteiger partial charge in [0, 0.05) is 29.5 Å². The van der Waals surface area contributed by atoms with Gasteiger partial charge in [-0.3, -0.25) is 9.78 Å². The predicted octanol–water partition coefficient (Wildman–Crippen LogP) is 5.04. The number of alkyl halides is 3. The van der Waals surface area contributed by atoms with Gasteiger partial charge in [-0.15, -0.1) is 0 Å². The Hall–Kier alpha value is -4.08. The van der Waals surface area contributed by atoms with Crippen molar-refractivity contribution in [1.29, 1.82) is 0 Å². The average molecular weight is 480 g/mol. The predicted molar refractivity (Wildman–Crippen MR) is 125 cm³/mol. The van der Waals surface area contributed by atoms with E-state index in [9.17, 15) is 18.0 Å². The Morgan fingerprint density at radius 1 is 1.09 bits per heavy atom. The number of halogens is 3. The molecular formula is C25H23F3N6O. The van der Waals surface area contributed by atoms with Crippen LogP contribution in [-0.2, 0) is 12.7 Å². The Morgan fingerprint density at radius 3 is 2.43 bits per heavy atom. The van der Waals surface area contributed by atoms with Crippen molar-refractivity contribution in [2.75, 3.05) is 5.73 Å². The van der Waals surface area contributed by atoms with Crippen LogP contribution in [0, 0.1) is 13.8 Å². The van der Waals surface area contributed by atoms with Gasteiger partial charge in [-0.1, -0.05) is 0 Å². The first-order valence-electron chi connectivity index (χ1n) is 10.8.